The van der Waals surface area contributed by atoms with Gasteiger partial charge < -0.3 is 24.2 Å². The molecule has 2 aromatic heterocycles. The number of fused-ring (bicyclic) bond motifs is 1. The number of rotatable bonds is 7. The molecule has 8 heteroatoms. The van der Waals surface area contributed by atoms with Crippen LogP contribution >= 0.6 is 0 Å². The summed E-state index contributed by atoms with van der Waals surface area (Å²) in [5, 5.41) is 3.51. The molecule has 1 aromatic carbocycles. The average Bonchev–Trinajstić information content (AvgIpc) is 3.31. The van der Waals surface area contributed by atoms with Crippen LogP contribution in [0.4, 0.5) is 0 Å². The minimum Gasteiger partial charge on any atom is -0.469 e. The van der Waals surface area contributed by atoms with E-state index in [0.29, 0.717) is 5.76 Å². The van der Waals surface area contributed by atoms with E-state index in [9.17, 15) is 14.4 Å². The van der Waals surface area contributed by atoms with Crippen LogP contribution in [-0.4, -0.2) is 42.6 Å². The van der Waals surface area contributed by atoms with Crippen molar-refractivity contribution in [1.29, 1.82) is 0 Å². The van der Waals surface area contributed by atoms with Crippen LogP contribution < -0.4 is 5.32 Å². The molecule has 1 amide bonds. The third-order valence-electron chi connectivity index (χ3n) is 4.33. The highest BCUT2D eigenvalue weighted by Crippen LogP contribution is 2.19. The van der Waals surface area contributed by atoms with Gasteiger partial charge in [-0.05, 0) is 24.6 Å². The number of aryl methyl sites for hydroxylation is 1. The Bertz CT molecular complexity index is 1000. The predicted octanol–water partition coefficient (Wildman–Crippen LogP) is 2.13. The number of hydrogen-bond donors (Lipinski definition) is 2. The molecule has 0 aliphatic carbocycles. The summed E-state index contributed by atoms with van der Waals surface area (Å²) in [7, 11) is 1.25. The molecule has 0 spiro atoms. The zero-order chi connectivity index (χ0) is 20.1. The van der Waals surface area contributed by atoms with Crippen LogP contribution in [0, 0.1) is 6.92 Å². The minimum absolute atomic E-state index is 0.233. The maximum atomic E-state index is 12.2. The second kappa shape index (κ2) is 8.43. The van der Waals surface area contributed by atoms with E-state index in [2.05, 4.69) is 10.3 Å². The summed E-state index contributed by atoms with van der Waals surface area (Å²) in [5.41, 5.74) is 2.03. The molecule has 0 radical (unpaired) electrons. The van der Waals surface area contributed by atoms with Gasteiger partial charge in [-0.1, -0.05) is 18.2 Å². The van der Waals surface area contributed by atoms with Crippen molar-refractivity contribution in [2.24, 2.45) is 0 Å². The number of para-hydroxylation sites is 1. The first kappa shape index (κ1) is 19.2. The van der Waals surface area contributed by atoms with Crippen LogP contribution in [0.15, 0.2) is 47.2 Å². The van der Waals surface area contributed by atoms with Crippen LogP contribution in [0.2, 0.25) is 0 Å². The van der Waals surface area contributed by atoms with Gasteiger partial charge >= 0.3 is 11.9 Å². The lowest BCUT2D eigenvalue weighted by molar-refractivity contribution is -0.145. The third kappa shape index (κ3) is 4.22. The fraction of sp³-hybridized carbons (Fsp3) is 0.250. The largest absolute Gasteiger partial charge is 0.469 e. The van der Waals surface area contributed by atoms with Crippen molar-refractivity contribution >= 4 is 28.7 Å². The molecule has 3 aromatic rings. The number of furan rings is 1. The lowest BCUT2D eigenvalue weighted by Crippen LogP contribution is -2.44. The summed E-state index contributed by atoms with van der Waals surface area (Å²) < 4.78 is 14.8. The molecule has 146 valence electrons. The molecular weight excluding hydrogens is 364 g/mol. The number of esters is 2. The molecule has 2 N–H and O–H groups in total. The lowest BCUT2D eigenvalue weighted by Gasteiger charge is -2.16. The van der Waals surface area contributed by atoms with E-state index >= 15 is 0 Å². The zero-order valence-electron chi connectivity index (χ0n) is 15.5. The Labute approximate surface area is 160 Å². The number of nitrogens with one attached hydrogen (secondary N) is 2. The smallest absolute Gasteiger partial charge is 0.342 e. The third-order valence-corrected chi connectivity index (χ3v) is 4.33. The van der Waals surface area contributed by atoms with Crippen LogP contribution in [0.25, 0.3) is 10.9 Å². The Morgan fingerprint density at radius 2 is 2.00 bits per heavy atom. The Hall–Kier alpha value is -3.55. The number of benzene rings is 1. The van der Waals surface area contributed by atoms with Crippen LogP contribution in [0.5, 0.6) is 0 Å². The summed E-state index contributed by atoms with van der Waals surface area (Å²) in [6, 6.07) is 8.19. The van der Waals surface area contributed by atoms with Gasteiger partial charge in [0.25, 0.3) is 5.91 Å². The number of carbonyl (C=O) groups is 3. The molecule has 0 bridgehead atoms. The van der Waals surface area contributed by atoms with Gasteiger partial charge in [-0.3, -0.25) is 4.79 Å². The van der Waals surface area contributed by atoms with Crippen LogP contribution in [0.3, 0.4) is 0 Å². The first-order valence-electron chi connectivity index (χ1n) is 8.63. The van der Waals surface area contributed by atoms with Crippen molar-refractivity contribution in [1.82, 2.24) is 10.3 Å². The second-order valence-corrected chi connectivity index (χ2v) is 6.17. The van der Waals surface area contributed by atoms with E-state index in [4.69, 9.17) is 13.9 Å². The number of methoxy groups -OCH3 is 1. The highest BCUT2D eigenvalue weighted by molar-refractivity contribution is 5.93. The number of carbonyl (C=O) groups excluding carboxylic acids is 3. The van der Waals surface area contributed by atoms with Gasteiger partial charge in [-0.25, -0.2) is 9.59 Å². The lowest BCUT2D eigenvalue weighted by atomic mass is 10.0. The van der Waals surface area contributed by atoms with Gasteiger partial charge in [-0.15, -0.1) is 0 Å². The molecule has 0 unspecified atom stereocenters. The van der Waals surface area contributed by atoms with E-state index in [-0.39, 0.29) is 12.0 Å². The molecule has 2 heterocycles. The summed E-state index contributed by atoms with van der Waals surface area (Å²) in [5.74, 6) is -1.47. The normalized spacial score (nSPS) is 11.8. The molecule has 1 atom stereocenters. The Morgan fingerprint density at radius 3 is 2.71 bits per heavy atom. The molecule has 0 saturated heterocycles. The molecule has 3 rings (SSSR count). The molecule has 28 heavy (non-hydrogen) atoms. The van der Waals surface area contributed by atoms with Crippen LogP contribution in [0.1, 0.15) is 21.7 Å². The van der Waals surface area contributed by atoms with E-state index < -0.39 is 30.5 Å². The minimum atomic E-state index is -0.911. The van der Waals surface area contributed by atoms with E-state index in [1.54, 1.807) is 13.1 Å². The Morgan fingerprint density at radius 1 is 1.21 bits per heavy atom. The highest BCUT2D eigenvalue weighted by Gasteiger charge is 2.24. The Balaban J connectivity index is 1.64. The molecule has 8 nitrogen and oxygen atoms in total. The molecule has 0 aliphatic heterocycles. The van der Waals surface area contributed by atoms with Crippen molar-refractivity contribution in [3.8, 4) is 0 Å². The summed E-state index contributed by atoms with van der Waals surface area (Å²) in [6.07, 6.45) is 3.38. The summed E-state index contributed by atoms with van der Waals surface area (Å²) in [6.45, 7) is 1.09. The number of ether oxygens (including phenoxy) is 2. The second-order valence-electron chi connectivity index (χ2n) is 6.17. The SMILES string of the molecule is COC(=O)[C@H](Cc1c[nH]c2ccccc12)NC(=O)COC(=O)c1ccoc1C. The average molecular weight is 384 g/mol. The van der Waals surface area contributed by atoms with E-state index in [1.165, 1.54) is 19.4 Å². The van der Waals surface area contributed by atoms with Crippen LogP contribution in [-0.2, 0) is 25.5 Å². The number of H-pyrrole nitrogens is 1. The van der Waals surface area contributed by atoms with Gasteiger partial charge in [0.1, 0.15) is 17.4 Å². The van der Waals surface area contributed by atoms with Crippen molar-refractivity contribution in [2.75, 3.05) is 13.7 Å². The molecule has 0 fully saturated rings. The van der Waals surface area contributed by atoms with Crippen molar-refractivity contribution in [2.45, 2.75) is 19.4 Å². The molecule has 0 saturated carbocycles. The number of amides is 1. The fourth-order valence-electron chi connectivity index (χ4n) is 2.90. The first-order valence-corrected chi connectivity index (χ1v) is 8.63. The number of hydrogen-bond acceptors (Lipinski definition) is 6. The predicted molar refractivity (Wildman–Crippen MR) is 99.7 cm³/mol. The maximum absolute atomic E-state index is 12.2. The molecule has 0 aliphatic rings. The standard InChI is InChI=1S/C20H20N2O6/c1-12-14(7-8-27-12)19(24)28-11-18(23)22-17(20(25)26-2)9-13-10-21-16-6-4-3-5-15(13)16/h3-8,10,17,21H,9,11H2,1-2H3,(H,22,23)/t17-/m0/s1. The van der Waals surface area contributed by atoms with Crippen molar-refractivity contribution in [3.05, 3.63) is 59.7 Å². The van der Waals surface area contributed by atoms with Crippen molar-refractivity contribution < 1.29 is 28.3 Å². The van der Waals surface area contributed by atoms with E-state index in [0.717, 1.165) is 16.5 Å². The fourth-order valence-corrected chi connectivity index (χ4v) is 2.90. The molecular formula is C20H20N2O6. The van der Waals surface area contributed by atoms with Gasteiger partial charge in [0, 0.05) is 23.5 Å². The van der Waals surface area contributed by atoms with Gasteiger partial charge in [0.2, 0.25) is 0 Å². The zero-order valence-corrected chi connectivity index (χ0v) is 15.5. The highest BCUT2D eigenvalue weighted by atomic mass is 16.5. The monoisotopic (exact) mass is 384 g/mol. The van der Waals surface area contributed by atoms with Gasteiger partial charge in [0.15, 0.2) is 6.61 Å². The van der Waals surface area contributed by atoms with Gasteiger partial charge in [-0.2, -0.15) is 0 Å². The quantitative estimate of drug-likeness (QED) is 0.604. The van der Waals surface area contributed by atoms with E-state index in [1.807, 2.05) is 24.3 Å². The topological polar surface area (TPSA) is 111 Å². The van der Waals surface area contributed by atoms with Gasteiger partial charge in [0.05, 0.1) is 13.4 Å². The summed E-state index contributed by atoms with van der Waals surface area (Å²) in [4.78, 5) is 39.4. The maximum Gasteiger partial charge on any atom is 0.342 e. The van der Waals surface area contributed by atoms with Crippen molar-refractivity contribution in [3.63, 3.8) is 0 Å². The number of aromatic nitrogens is 1. The summed E-state index contributed by atoms with van der Waals surface area (Å²) >= 11 is 0. The first-order chi connectivity index (χ1) is 13.5. The Kier molecular flexibility index (Phi) is 5.78. The number of aromatic amines is 1.